The van der Waals surface area contributed by atoms with E-state index in [-0.39, 0.29) is 17.9 Å². The maximum atomic E-state index is 13.5. The molecule has 1 amide bonds. The van der Waals surface area contributed by atoms with E-state index in [4.69, 9.17) is 4.98 Å². The number of benzene rings is 1. The molecular formula is C24H27N5O2S. The second kappa shape index (κ2) is 8.27. The summed E-state index contributed by atoms with van der Waals surface area (Å²) >= 11 is 1.48. The van der Waals surface area contributed by atoms with Gasteiger partial charge in [0.05, 0.1) is 23.5 Å². The average Bonchev–Trinajstić information content (AvgIpc) is 3.39. The number of carbonyl (C=O) groups excluding carboxylic acids is 1. The highest BCUT2D eigenvalue weighted by molar-refractivity contribution is 7.10. The van der Waals surface area contributed by atoms with Gasteiger partial charge in [-0.25, -0.2) is 9.67 Å². The van der Waals surface area contributed by atoms with Crippen LogP contribution in [-0.2, 0) is 18.3 Å². The van der Waals surface area contributed by atoms with Crippen molar-refractivity contribution >= 4 is 17.2 Å². The number of hydrogen-bond acceptors (Lipinski definition) is 4. The summed E-state index contributed by atoms with van der Waals surface area (Å²) in [5.41, 5.74) is 5.97. The number of para-hydroxylation sites is 1. The lowest BCUT2D eigenvalue weighted by Crippen LogP contribution is -2.23. The Balaban J connectivity index is 1.80. The number of amides is 1. The van der Waals surface area contributed by atoms with Gasteiger partial charge in [0.15, 0.2) is 0 Å². The predicted molar refractivity (Wildman–Crippen MR) is 128 cm³/mol. The number of thiazole rings is 1. The van der Waals surface area contributed by atoms with Crippen LogP contribution in [0.4, 0.5) is 0 Å². The number of aromatic nitrogens is 4. The lowest BCUT2D eigenvalue weighted by atomic mass is 10.2. The van der Waals surface area contributed by atoms with Crippen molar-refractivity contribution in [3.05, 3.63) is 74.2 Å². The smallest absolute Gasteiger partial charge is 0.295 e. The minimum atomic E-state index is -0.0694. The Kier molecular flexibility index (Phi) is 5.64. The van der Waals surface area contributed by atoms with Gasteiger partial charge in [0, 0.05) is 43.5 Å². The van der Waals surface area contributed by atoms with Crippen molar-refractivity contribution in [2.45, 2.75) is 27.2 Å². The molecule has 7 nitrogen and oxygen atoms in total. The predicted octanol–water partition coefficient (Wildman–Crippen LogP) is 3.65. The van der Waals surface area contributed by atoms with E-state index in [1.807, 2.05) is 72.8 Å². The Morgan fingerprint density at radius 3 is 2.44 bits per heavy atom. The van der Waals surface area contributed by atoms with Crippen LogP contribution in [0.1, 0.15) is 22.1 Å². The van der Waals surface area contributed by atoms with E-state index in [0.717, 1.165) is 39.0 Å². The molecule has 0 atom stereocenters. The molecule has 0 spiro atoms. The standard InChI is InChI=1S/C24H27N5O2S/c1-15-12-19(20-14-32-21(25-20)13-22(30)26(4)5)16(2)28(15)23-17(3)27(6)29(24(23)31)18-10-8-7-9-11-18/h7-12,14H,13H2,1-6H3. The maximum absolute atomic E-state index is 13.5. The summed E-state index contributed by atoms with van der Waals surface area (Å²) in [7, 11) is 5.39. The minimum absolute atomic E-state index is 0.0257. The molecule has 0 aliphatic carbocycles. The van der Waals surface area contributed by atoms with Gasteiger partial charge >= 0.3 is 0 Å². The maximum Gasteiger partial charge on any atom is 0.295 e. The third-order valence-corrected chi connectivity index (χ3v) is 6.66. The van der Waals surface area contributed by atoms with Crippen molar-refractivity contribution in [1.82, 2.24) is 23.8 Å². The first-order chi connectivity index (χ1) is 15.2. The van der Waals surface area contributed by atoms with Crippen LogP contribution in [0.25, 0.3) is 22.6 Å². The lowest BCUT2D eigenvalue weighted by molar-refractivity contribution is -0.127. The van der Waals surface area contributed by atoms with Gasteiger partial charge in [0.1, 0.15) is 10.7 Å². The van der Waals surface area contributed by atoms with Crippen LogP contribution >= 0.6 is 11.3 Å². The number of aryl methyl sites for hydroxylation is 1. The van der Waals surface area contributed by atoms with E-state index in [0.29, 0.717) is 5.69 Å². The number of rotatable bonds is 5. The van der Waals surface area contributed by atoms with Crippen LogP contribution in [0, 0.1) is 20.8 Å². The lowest BCUT2D eigenvalue weighted by Gasteiger charge is -2.08. The van der Waals surface area contributed by atoms with Crippen molar-refractivity contribution in [2.75, 3.05) is 14.1 Å². The summed E-state index contributed by atoms with van der Waals surface area (Å²) < 4.78 is 5.59. The van der Waals surface area contributed by atoms with Crippen LogP contribution in [0.15, 0.2) is 46.6 Å². The zero-order chi connectivity index (χ0) is 23.2. The summed E-state index contributed by atoms with van der Waals surface area (Å²) in [5, 5.41) is 2.76. The highest BCUT2D eigenvalue weighted by Gasteiger charge is 2.23. The fraction of sp³-hybridized carbons (Fsp3) is 0.292. The topological polar surface area (TPSA) is 65.1 Å². The Morgan fingerprint density at radius 1 is 1.09 bits per heavy atom. The van der Waals surface area contributed by atoms with Crippen molar-refractivity contribution in [1.29, 1.82) is 0 Å². The van der Waals surface area contributed by atoms with E-state index in [9.17, 15) is 9.59 Å². The van der Waals surface area contributed by atoms with Gasteiger partial charge in [-0.05, 0) is 39.0 Å². The van der Waals surface area contributed by atoms with Gasteiger partial charge < -0.3 is 9.47 Å². The van der Waals surface area contributed by atoms with Gasteiger partial charge in [0.2, 0.25) is 5.91 Å². The molecule has 0 fully saturated rings. The summed E-state index contributed by atoms with van der Waals surface area (Å²) in [6, 6.07) is 11.7. The Hall–Kier alpha value is -3.39. The molecule has 166 valence electrons. The molecule has 3 heterocycles. The second-order valence-corrected chi connectivity index (χ2v) is 9.06. The Bertz CT molecular complexity index is 1360. The van der Waals surface area contributed by atoms with Crippen molar-refractivity contribution < 1.29 is 4.79 Å². The summed E-state index contributed by atoms with van der Waals surface area (Å²) in [4.78, 5) is 31.8. The number of carbonyl (C=O) groups is 1. The van der Waals surface area contributed by atoms with Gasteiger partial charge in [-0.3, -0.25) is 14.3 Å². The molecule has 0 aliphatic rings. The van der Waals surface area contributed by atoms with Crippen LogP contribution < -0.4 is 5.56 Å². The molecule has 0 aliphatic heterocycles. The van der Waals surface area contributed by atoms with Gasteiger partial charge in [-0.15, -0.1) is 11.3 Å². The molecule has 3 aromatic heterocycles. The summed E-state index contributed by atoms with van der Waals surface area (Å²) in [5.74, 6) is 0.0257. The van der Waals surface area contributed by atoms with Crippen molar-refractivity contribution in [3.63, 3.8) is 0 Å². The summed E-state index contributed by atoms with van der Waals surface area (Å²) in [6.45, 7) is 5.96. The average molecular weight is 450 g/mol. The van der Waals surface area contributed by atoms with E-state index in [1.54, 1.807) is 23.7 Å². The normalized spacial score (nSPS) is 11.2. The highest BCUT2D eigenvalue weighted by Crippen LogP contribution is 2.31. The van der Waals surface area contributed by atoms with Crippen LogP contribution in [0.3, 0.4) is 0 Å². The zero-order valence-corrected chi connectivity index (χ0v) is 20.0. The second-order valence-electron chi connectivity index (χ2n) is 8.12. The largest absolute Gasteiger partial charge is 0.348 e. The van der Waals surface area contributed by atoms with Crippen molar-refractivity contribution in [3.8, 4) is 22.6 Å². The Labute approximate surface area is 191 Å². The molecule has 0 bridgehead atoms. The molecule has 0 unspecified atom stereocenters. The first-order valence-corrected chi connectivity index (χ1v) is 11.3. The first kappa shape index (κ1) is 21.8. The fourth-order valence-electron chi connectivity index (χ4n) is 3.98. The zero-order valence-electron chi connectivity index (χ0n) is 19.2. The molecule has 8 heteroatoms. The minimum Gasteiger partial charge on any atom is -0.348 e. The molecule has 0 saturated carbocycles. The molecule has 0 saturated heterocycles. The first-order valence-electron chi connectivity index (χ1n) is 10.4. The van der Waals surface area contributed by atoms with Crippen molar-refractivity contribution in [2.24, 2.45) is 7.05 Å². The van der Waals surface area contributed by atoms with E-state index >= 15 is 0 Å². The SMILES string of the molecule is Cc1cc(-c2csc(CC(=O)N(C)C)n2)c(C)n1-c1c(C)n(C)n(-c2ccccc2)c1=O. The molecule has 32 heavy (non-hydrogen) atoms. The molecule has 4 aromatic rings. The van der Waals surface area contributed by atoms with Gasteiger partial charge in [-0.2, -0.15) is 0 Å². The Morgan fingerprint density at radius 2 is 1.78 bits per heavy atom. The quantitative estimate of drug-likeness (QED) is 0.467. The molecule has 0 N–H and O–H groups in total. The van der Waals surface area contributed by atoms with Gasteiger partial charge in [0.25, 0.3) is 5.56 Å². The molecule has 1 aromatic carbocycles. The third-order valence-electron chi connectivity index (χ3n) is 5.81. The molecule has 0 radical (unpaired) electrons. The molecule has 4 rings (SSSR count). The number of nitrogens with zero attached hydrogens (tertiary/aromatic N) is 5. The summed E-state index contributed by atoms with van der Waals surface area (Å²) in [6.07, 6.45) is 0.288. The van der Waals surface area contributed by atoms with Crippen LogP contribution in [-0.4, -0.2) is 43.8 Å². The van der Waals surface area contributed by atoms with E-state index in [1.165, 1.54) is 11.3 Å². The van der Waals surface area contributed by atoms with E-state index < -0.39 is 0 Å². The number of hydrogen-bond donors (Lipinski definition) is 0. The van der Waals surface area contributed by atoms with Crippen LogP contribution in [0.5, 0.6) is 0 Å². The number of likely N-dealkylation sites (N-methyl/N-ethyl adjacent to an activating group) is 1. The third kappa shape index (κ3) is 3.60. The fourth-order valence-corrected chi connectivity index (χ4v) is 4.77. The highest BCUT2D eigenvalue weighted by atomic mass is 32.1. The van der Waals surface area contributed by atoms with Crippen LogP contribution in [0.2, 0.25) is 0 Å². The molecular weight excluding hydrogens is 422 g/mol. The van der Waals surface area contributed by atoms with Gasteiger partial charge in [-0.1, -0.05) is 18.2 Å². The monoisotopic (exact) mass is 449 g/mol. The van der Waals surface area contributed by atoms with E-state index in [2.05, 4.69) is 6.07 Å².